The zero-order valence-corrected chi connectivity index (χ0v) is 12.9. The van der Waals surface area contributed by atoms with Crippen molar-refractivity contribution in [3.63, 3.8) is 0 Å². The highest BCUT2D eigenvalue weighted by Crippen LogP contribution is 2.26. The Labute approximate surface area is 126 Å². The van der Waals surface area contributed by atoms with Crippen molar-refractivity contribution in [2.24, 2.45) is 0 Å². The van der Waals surface area contributed by atoms with Gasteiger partial charge in [-0.3, -0.25) is 4.79 Å². The van der Waals surface area contributed by atoms with Crippen LogP contribution in [0.3, 0.4) is 0 Å². The third-order valence-corrected chi connectivity index (χ3v) is 3.40. The highest BCUT2D eigenvalue weighted by atomic mass is 16.5. The molecular formula is C19H22O2. The standard InChI is InChI=1S/C19H22O2/c1-19(2,3)17-12-8-7-11-16(17)13-18(20)21-14-15-9-5-4-6-10-15/h4-12H,13-14H2,1-3H3. The minimum Gasteiger partial charge on any atom is -0.461 e. The highest BCUT2D eigenvalue weighted by Gasteiger charge is 2.19. The molecule has 0 aliphatic heterocycles. The molecule has 0 aliphatic carbocycles. The van der Waals surface area contributed by atoms with Crippen LogP contribution >= 0.6 is 0 Å². The SMILES string of the molecule is CC(C)(C)c1ccccc1CC(=O)OCc1ccccc1. The summed E-state index contributed by atoms with van der Waals surface area (Å²) < 4.78 is 5.36. The lowest BCUT2D eigenvalue weighted by molar-refractivity contribution is -0.144. The normalized spacial score (nSPS) is 11.2. The molecule has 2 aromatic carbocycles. The molecule has 0 heterocycles. The number of carbonyl (C=O) groups is 1. The van der Waals surface area contributed by atoms with Crippen molar-refractivity contribution in [3.8, 4) is 0 Å². The fraction of sp³-hybridized carbons (Fsp3) is 0.316. The van der Waals surface area contributed by atoms with E-state index in [1.54, 1.807) is 0 Å². The predicted molar refractivity (Wildman–Crippen MR) is 85.1 cm³/mol. The summed E-state index contributed by atoms with van der Waals surface area (Å²) in [5.74, 6) is -0.185. The van der Waals surface area contributed by atoms with E-state index in [9.17, 15) is 4.79 Å². The lowest BCUT2D eigenvalue weighted by Gasteiger charge is -2.22. The maximum atomic E-state index is 12.0. The summed E-state index contributed by atoms with van der Waals surface area (Å²) >= 11 is 0. The second kappa shape index (κ2) is 6.57. The van der Waals surface area contributed by atoms with Crippen molar-refractivity contribution in [1.82, 2.24) is 0 Å². The Morgan fingerprint density at radius 2 is 1.57 bits per heavy atom. The molecule has 0 radical (unpaired) electrons. The summed E-state index contributed by atoms with van der Waals surface area (Å²) in [6.07, 6.45) is 0.320. The largest absolute Gasteiger partial charge is 0.461 e. The van der Waals surface area contributed by atoms with Crippen molar-refractivity contribution in [3.05, 3.63) is 71.3 Å². The Morgan fingerprint density at radius 1 is 0.952 bits per heavy atom. The van der Waals surface area contributed by atoms with E-state index in [1.165, 1.54) is 5.56 Å². The lowest BCUT2D eigenvalue weighted by atomic mass is 9.83. The molecule has 2 nitrogen and oxygen atoms in total. The fourth-order valence-electron chi connectivity index (χ4n) is 2.35. The summed E-state index contributed by atoms with van der Waals surface area (Å²) in [5, 5.41) is 0. The Kier molecular flexibility index (Phi) is 4.79. The minimum atomic E-state index is -0.185. The van der Waals surface area contributed by atoms with Crippen LogP contribution in [0.15, 0.2) is 54.6 Å². The first-order valence-corrected chi connectivity index (χ1v) is 7.25. The maximum Gasteiger partial charge on any atom is 0.310 e. The molecular weight excluding hydrogens is 260 g/mol. The molecule has 21 heavy (non-hydrogen) atoms. The second-order valence-corrected chi connectivity index (χ2v) is 6.23. The zero-order chi connectivity index (χ0) is 15.3. The van der Waals surface area contributed by atoms with Gasteiger partial charge in [0.15, 0.2) is 0 Å². The van der Waals surface area contributed by atoms with E-state index in [1.807, 2.05) is 48.5 Å². The Morgan fingerprint density at radius 3 is 2.24 bits per heavy atom. The van der Waals surface area contributed by atoms with Crippen LogP contribution in [-0.4, -0.2) is 5.97 Å². The molecule has 2 rings (SSSR count). The summed E-state index contributed by atoms with van der Waals surface area (Å²) in [4.78, 5) is 12.0. The minimum absolute atomic E-state index is 0.0241. The summed E-state index contributed by atoms with van der Waals surface area (Å²) in [6, 6.07) is 17.8. The molecule has 2 heteroatoms. The van der Waals surface area contributed by atoms with Crippen LogP contribution in [0.25, 0.3) is 0 Å². The van der Waals surface area contributed by atoms with Gasteiger partial charge in [0.2, 0.25) is 0 Å². The van der Waals surface area contributed by atoms with Crippen LogP contribution in [-0.2, 0) is 28.0 Å². The quantitative estimate of drug-likeness (QED) is 0.783. The number of hydrogen-bond donors (Lipinski definition) is 0. The molecule has 0 fully saturated rings. The first-order valence-electron chi connectivity index (χ1n) is 7.25. The van der Waals surface area contributed by atoms with Gasteiger partial charge >= 0.3 is 5.97 Å². The smallest absolute Gasteiger partial charge is 0.310 e. The van der Waals surface area contributed by atoms with Gasteiger partial charge in [-0.2, -0.15) is 0 Å². The first kappa shape index (κ1) is 15.3. The lowest BCUT2D eigenvalue weighted by Crippen LogP contribution is -2.17. The number of ether oxygens (including phenoxy) is 1. The van der Waals surface area contributed by atoms with Crippen molar-refractivity contribution in [2.45, 2.75) is 39.2 Å². The van der Waals surface area contributed by atoms with Crippen LogP contribution in [0.2, 0.25) is 0 Å². The van der Waals surface area contributed by atoms with E-state index in [2.05, 4.69) is 26.8 Å². The van der Waals surface area contributed by atoms with Crippen LogP contribution in [0.5, 0.6) is 0 Å². The van der Waals surface area contributed by atoms with E-state index in [4.69, 9.17) is 4.74 Å². The first-order chi connectivity index (χ1) is 9.97. The van der Waals surface area contributed by atoms with E-state index >= 15 is 0 Å². The highest BCUT2D eigenvalue weighted by molar-refractivity contribution is 5.73. The number of benzene rings is 2. The third-order valence-electron chi connectivity index (χ3n) is 3.40. The molecule has 110 valence electrons. The molecule has 2 aromatic rings. The van der Waals surface area contributed by atoms with Gasteiger partial charge in [0.05, 0.1) is 6.42 Å². The molecule has 0 bridgehead atoms. The number of carbonyl (C=O) groups excluding carboxylic acids is 1. The fourth-order valence-corrected chi connectivity index (χ4v) is 2.35. The molecule has 0 N–H and O–H groups in total. The van der Waals surface area contributed by atoms with E-state index in [0.29, 0.717) is 13.0 Å². The summed E-state index contributed by atoms with van der Waals surface area (Å²) in [5.41, 5.74) is 3.27. The van der Waals surface area contributed by atoms with E-state index in [-0.39, 0.29) is 11.4 Å². The van der Waals surface area contributed by atoms with Gasteiger partial charge < -0.3 is 4.74 Å². The topological polar surface area (TPSA) is 26.3 Å². The number of hydrogen-bond acceptors (Lipinski definition) is 2. The monoisotopic (exact) mass is 282 g/mol. The van der Waals surface area contributed by atoms with Crippen molar-refractivity contribution < 1.29 is 9.53 Å². The van der Waals surface area contributed by atoms with Crippen LogP contribution in [0.1, 0.15) is 37.5 Å². The number of esters is 1. The Balaban J connectivity index is 2.00. The molecule has 0 aromatic heterocycles. The summed E-state index contributed by atoms with van der Waals surface area (Å²) in [7, 11) is 0. The molecule has 0 amide bonds. The molecule has 0 aliphatic rings. The van der Waals surface area contributed by atoms with Crippen molar-refractivity contribution >= 4 is 5.97 Å². The van der Waals surface area contributed by atoms with Crippen LogP contribution < -0.4 is 0 Å². The molecule has 0 spiro atoms. The molecule has 0 saturated heterocycles. The van der Waals surface area contributed by atoms with Gasteiger partial charge in [-0.05, 0) is 22.1 Å². The van der Waals surface area contributed by atoms with Crippen LogP contribution in [0.4, 0.5) is 0 Å². The predicted octanol–water partition coefficient (Wildman–Crippen LogP) is 4.27. The van der Waals surface area contributed by atoms with Gasteiger partial charge in [0, 0.05) is 0 Å². The third kappa shape index (κ3) is 4.45. The average molecular weight is 282 g/mol. The Bertz CT molecular complexity index is 594. The zero-order valence-electron chi connectivity index (χ0n) is 12.9. The Hall–Kier alpha value is -2.09. The van der Waals surface area contributed by atoms with Gasteiger partial charge in [-0.15, -0.1) is 0 Å². The number of rotatable bonds is 4. The van der Waals surface area contributed by atoms with Crippen molar-refractivity contribution in [1.29, 1.82) is 0 Å². The second-order valence-electron chi connectivity index (χ2n) is 6.23. The van der Waals surface area contributed by atoms with Gasteiger partial charge in [-0.1, -0.05) is 75.4 Å². The molecule has 0 saturated carbocycles. The van der Waals surface area contributed by atoms with Gasteiger partial charge in [0.25, 0.3) is 0 Å². The summed E-state index contributed by atoms with van der Waals surface area (Å²) in [6.45, 7) is 6.79. The van der Waals surface area contributed by atoms with E-state index < -0.39 is 0 Å². The molecule has 0 atom stereocenters. The van der Waals surface area contributed by atoms with Gasteiger partial charge in [0.1, 0.15) is 6.61 Å². The average Bonchev–Trinajstić information content (AvgIpc) is 2.46. The van der Waals surface area contributed by atoms with Crippen molar-refractivity contribution in [2.75, 3.05) is 0 Å². The van der Waals surface area contributed by atoms with Crippen LogP contribution in [0, 0.1) is 0 Å². The van der Waals surface area contributed by atoms with Gasteiger partial charge in [-0.25, -0.2) is 0 Å². The van der Waals surface area contributed by atoms with E-state index in [0.717, 1.165) is 11.1 Å². The maximum absolute atomic E-state index is 12.0. The molecule has 0 unspecified atom stereocenters.